The van der Waals surface area contributed by atoms with E-state index in [9.17, 15) is 4.79 Å². The van der Waals surface area contributed by atoms with Gasteiger partial charge in [-0.3, -0.25) is 9.89 Å². The first-order valence-corrected chi connectivity index (χ1v) is 7.37. The molecule has 3 fully saturated rings. The van der Waals surface area contributed by atoms with E-state index in [0.717, 1.165) is 31.6 Å². The number of amides is 1. The smallest absolute Gasteiger partial charge is 0.276 e. The number of fused-ring (bicyclic) bond motifs is 1. The van der Waals surface area contributed by atoms with Crippen LogP contribution in [-0.2, 0) is 0 Å². The van der Waals surface area contributed by atoms with Gasteiger partial charge in [0.25, 0.3) is 5.91 Å². The number of hydrogen-bond acceptors (Lipinski definition) is 3. The first-order valence-electron chi connectivity index (χ1n) is 7.37. The van der Waals surface area contributed by atoms with E-state index in [1.54, 1.807) is 0 Å². The van der Waals surface area contributed by atoms with Gasteiger partial charge < -0.3 is 10.6 Å². The molecular formula is C14H20N4O. The van der Waals surface area contributed by atoms with Gasteiger partial charge in [0.05, 0.1) is 11.4 Å². The number of nitrogen functional groups attached to an aromatic ring is 1. The molecule has 1 aromatic heterocycles. The third-order valence-corrected chi connectivity index (χ3v) is 5.04. The second kappa shape index (κ2) is 3.99. The van der Waals surface area contributed by atoms with Crippen molar-refractivity contribution >= 4 is 11.6 Å². The van der Waals surface area contributed by atoms with Gasteiger partial charge in [-0.15, -0.1) is 0 Å². The van der Waals surface area contributed by atoms with Crippen molar-refractivity contribution in [3.63, 3.8) is 0 Å². The summed E-state index contributed by atoms with van der Waals surface area (Å²) in [6.45, 7) is 1.79. The minimum Gasteiger partial charge on any atom is -0.395 e. The van der Waals surface area contributed by atoms with Gasteiger partial charge in [0.1, 0.15) is 0 Å². The normalized spacial score (nSPS) is 29.8. The van der Waals surface area contributed by atoms with Gasteiger partial charge in [-0.2, -0.15) is 5.10 Å². The molecule has 4 rings (SSSR count). The van der Waals surface area contributed by atoms with Crippen molar-refractivity contribution in [2.24, 2.45) is 11.8 Å². The fraction of sp³-hybridized carbons (Fsp3) is 0.714. The predicted molar refractivity (Wildman–Crippen MR) is 71.7 cm³/mol. The highest BCUT2D eigenvalue weighted by atomic mass is 16.2. The Hall–Kier alpha value is -1.52. The number of aromatic nitrogens is 2. The molecule has 1 aromatic rings. The topological polar surface area (TPSA) is 75.0 Å². The zero-order valence-corrected chi connectivity index (χ0v) is 11.1. The third kappa shape index (κ3) is 1.75. The van der Waals surface area contributed by atoms with Crippen LogP contribution >= 0.6 is 0 Å². The first kappa shape index (κ1) is 11.3. The maximum atomic E-state index is 12.5. The zero-order valence-electron chi connectivity index (χ0n) is 11.1. The average Bonchev–Trinajstić information content (AvgIpc) is 2.83. The molecule has 3 N–H and O–H groups in total. The Morgan fingerprint density at radius 3 is 2.53 bits per heavy atom. The van der Waals surface area contributed by atoms with Gasteiger partial charge in [-0.1, -0.05) is 6.42 Å². The maximum absolute atomic E-state index is 12.5. The minimum atomic E-state index is 0.0232. The number of hydrogen-bond donors (Lipinski definition) is 2. The van der Waals surface area contributed by atoms with Crippen molar-refractivity contribution in [3.05, 3.63) is 11.4 Å². The number of likely N-dealkylation sites (tertiary alicyclic amines) is 1. The van der Waals surface area contributed by atoms with Crippen LogP contribution in [0.5, 0.6) is 0 Å². The number of nitrogens with one attached hydrogen (secondary N) is 1. The molecule has 5 heteroatoms. The van der Waals surface area contributed by atoms with Crippen molar-refractivity contribution in [3.8, 4) is 0 Å². The molecule has 3 aliphatic rings. The molecule has 2 atom stereocenters. The summed E-state index contributed by atoms with van der Waals surface area (Å²) in [5, 5.41) is 7.14. The van der Waals surface area contributed by atoms with Gasteiger partial charge in [0.15, 0.2) is 5.69 Å². The van der Waals surface area contributed by atoms with Gasteiger partial charge >= 0.3 is 0 Å². The van der Waals surface area contributed by atoms with E-state index >= 15 is 0 Å². The lowest BCUT2D eigenvalue weighted by Gasteiger charge is -2.16. The summed E-state index contributed by atoms with van der Waals surface area (Å²) in [6, 6.07) is 0. The molecule has 2 aliphatic carbocycles. The quantitative estimate of drug-likeness (QED) is 0.850. The number of H-pyrrole nitrogens is 1. The summed E-state index contributed by atoms with van der Waals surface area (Å²) < 4.78 is 0. The Morgan fingerprint density at radius 2 is 1.89 bits per heavy atom. The van der Waals surface area contributed by atoms with Crippen LogP contribution in [0.15, 0.2) is 0 Å². The molecule has 1 aliphatic heterocycles. The highest BCUT2D eigenvalue weighted by Crippen LogP contribution is 2.43. The highest BCUT2D eigenvalue weighted by molar-refractivity contribution is 5.98. The van der Waals surface area contributed by atoms with E-state index < -0.39 is 0 Å². The van der Waals surface area contributed by atoms with Crippen LogP contribution in [0.25, 0.3) is 0 Å². The molecule has 0 aromatic carbocycles. The number of carbonyl (C=O) groups excluding carboxylic acids is 1. The third-order valence-electron chi connectivity index (χ3n) is 5.04. The molecule has 102 valence electrons. The van der Waals surface area contributed by atoms with Crippen molar-refractivity contribution in [2.75, 3.05) is 18.8 Å². The molecule has 2 saturated carbocycles. The monoisotopic (exact) mass is 260 g/mol. The summed E-state index contributed by atoms with van der Waals surface area (Å²) in [5.41, 5.74) is 8.10. The van der Waals surface area contributed by atoms with Crippen LogP contribution in [0.1, 0.15) is 54.2 Å². The van der Waals surface area contributed by atoms with Crippen LogP contribution in [0.3, 0.4) is 0 Å². The summed E-state index contributed by atoms with van der Waals surface area (Å²) in [7, 11) is 0. The van der Waals surface area contributed by atoms with E-state index in [1.807, 2.05) is 4.90 Å². The van der Waals surface area contributed by atoms with Crippen LogP contribution in [0, 0.1) is 11.8 Å². The maximum Gasteiger partial charge on any atom is 0.276 e. The number of rotatable bonds is 2. The Labute approximate surface area is 112 Å². The molecule has 0 spiro atoms. The minimum absolute atomic E-state index is 0.0232. The van der Waals surface area contributed by atoms with Crippen molar-refractivity contribution in [1.29, 1.82) is 0 Å². The highest BCUT2D eigenvalue weighted by Gasteiger charge is 2.40. The van der Waals surface area contributed by atoms with Crippen molar-refractivity contribution in [1.82, 2.24) is 15.1 Å². The summed E-state index contributed by atoms with van der Waals surface area (Å²) in [4.78, 5) is 14.5. The van der Waals surface area contributed by atoms with E-state index in [1.165, 1.54) is 19.3 Å². The number of anilines is 1. The molecular weight excluding hydrogens is 240 g/mol. The number of nitrogens with zero attached hydrogens (tertiary/aromatic N) is 2. The Morgan fingerprint density at radius 1 is 1.21 bits per heavy atom. The van der Waals surface area contributed by atoms with E-state index in [-0.39, 0.29) is 5.91 Å². The van der Waals surface area contributed by atoms with E-state index in [4.69, 9.17) is 5.73 Å². The van der Waals surface area contributed by atoms with Gasteiger partial charge in [-0.05, 0) is 37.5 Å². The Kier molecular flexibility index (Phi) is 2.37. The lowest BCUT2D eigenvalue weighted by Crippen LogP contribution is -2.30. The van der Waals surface area contributed by atoms with Crippen LogP contribution < -0.4 is 5.73 Å². The molecule has 2 heterocycles. The average molecular weight is 260 g/mol. The first-order chi connectivity index (χ1) is 9.24. The lowest BCUT2D eigenvalue weighted by atomic mass is 10.0. The Balaban J connectivity index is 1.54. The zero-order chi connectivity index (χ0) is 13.0. The predicted octanol–water partition coefficient (Wildman–Crippen LogP) is 1.74. The van der Waals surface area contributed by atoms with E-state index in [0.29, 0.717) is 29.1 Å². The molecule has 2 unspecified atom stereocenters. The molecule has 0 radical (unpaired) electrons. The SMILES string of the molecule is Nc1c(C(=O)N2CC3CCCC3C2)n[nH]c1C1CC1. The largest absolute Gasteiger partial charge is 0.395 e. The second-order valence-electron chi connectivity index (χ2n) is 6.34. The standard InChI is InChI=1S/C14H20N4O/c15-11-12(8-4-5-8)16-17-13(11)14(19)18-6-9-2-1-3-10(9)7-18/h8-10H,1-7,15H2,(H,16,17). The number of carbonyl (C=O) groups is 1. The lowest BCUT2D eigenvalue weighted by molar-refractivity contribution is 0.0776. The second-order valence-corrected chi connectivity index (χ2v) is 6.34. The van der Waals surface area contributed by atoms with Crippen molar-refractivity contribution < 1.29 is 4.79 Å². The van der Waals surface area contributed by atoms with Crippen LogP contribution in [0.4, 0.5) is 5.69 Å². The van der Waals surface area contributed by atoms with Crippen molar-refractivity contribution in [2.45, 2.75) is 38.0 Å². The fourth-order valence-electron chi connectivity index (χ4n) is 3.76. The van der Waals surface area contributed by atoms with Crippen LogP contribution in [-0.4, -0.2) is 34.1 Å². The molecule has 5 nitrogen and oxygen atoms in total. The summed E-state index contributed by atoms with van der Waals surface area (Å²) in [6.07, 6.45) is 6.20. The molecule has 1 amide bonds. The molecule has 0 bridgehead atoms. The Bertz CT molecular complexity index is 508. The van der Waals surface area contributed by atoms with E-state index in [2.05, 4.69) is 10.2 Å². The molecule has 19 heavy (non-hydrogen) atoms. The van der Waals surface area contributed by atoms with Gasteiger partial charge in [-0.25, -0.2) is 0 Å². The number of nitrogens with two attached hydrogens (primary N) is 1. The van der Waals surface area contributed by atoms with Crippen LogP contribution in [0.2, 0.25) is 0 Å². The number of aromatic amines is 1. The molecule has 1 saturated heterocycles. The fourth-order valence-corrected chi connectivity index (χ4v) is 3.76. The van der Waals surface area contributed by atoms with Gasteiger partial charge in [0.2, 0.25) is 0 Å². The summed E-state index contributed by atoms with van der Waals surface area (Å²) >= 11 is 0. The summed E-state index contributed by atoms with van der Waals surface area (Å²) in [5.74, 6) is 1.96. The van der Waals surface area contributed by atoms with Gasteiger partial charge in [0, 0.05) is 19.0 Å².